The van der Waals surface area contributed by atoms with Gasteiger partial charge >= 0.3 is 0 Å². The Hall–Kier alpha value is -4.47. The summed E-state index contributed by atoms with van der Waals surface area (Å²) in [7, 11) is 0. The summed E-state index contributed by atoms with van der Waals surface area (Å²) in [5, 5.41) is 8.24. The van der Waals surface area contributed by atoms with E-state index in [1.807, 2.05) is 31.2 Å². The molecule has 1 fully saturated rings. The Morgan fingerprint density at radius 3 is 2.64 bits per heavy atom. The predicted octanol–water partition coefficient (Wildman–Crippen LogP) is 4.16. The molecule has 0 atom stereocenters. The maximum atomic E-state index is 12.9. The van der Waals surface area contributed by atoms with E-state index in [0.29, 0.717) is 29.1 Å². The lowest BCUT2D eigenvalue weighted by molar-refractivity contribution is 0.0342. The first-order chi connectivity index (χ1) is 19.0. The highest BCUT2D eigenvalue weighted by atomic mass is 16.5. The van der Waals surface area contributed by atoms with Gasteiger partial charge in [0, 0.05) is 42.9 Å². The molecule has 0 saturated carbocycles. The molecule has 0 unspecified atom stereocenters. The Morgan fingerprint density at radius 1 is 1.03 bits per heavy atom. The van der Waals surface area contributed by atoms with Crippen LogP contribution in [0.1, 0.15) is 27.0 Å². The Kier molecular flexibility index (Phi) is 6.83. The molecule has 0 aliphatic carbocycles. The third-order valence-corrected chi connectivity index (χ3v) is 7.01. The summed E-state index contributed by atoms with van der Waals surface area (Å²) in [6, 6.07) is 18.2. The zero-order chi connectivity index (χ0) is 26.8. The highest BCUT2D eigenvalue weighted by Crippen LogP contribution is 2.25. The zero-order valence-corrected chi connectivity index (χ0v) is 21.7. The van der Waals surface area contributed by atoms with Crippen molar-refractivity contribution < 1.29 is 9.53 Å². The molecule has 9 nitrogen and oxygen atoms in total. The first kappa shape index (κ1) is 24.8. The van der Waals surface area contributed by atoms with E-state index in [-0.39, 0.29) is 11.5 Å². The fourth-order valence-corrected chi connectivity index (χ4v) is 4.85. The smallest absolute Gasteiger partial charge is 0.258 e. The molecule has 3 N–H and O–H groups in total. The summed E-state index contributed by atoms with van der Waals surface area (Å²) in [5.41, 5.74) is 6.30. The second-order valence-electron chi connectivity index (χ2n) is 9.99. The molecule has 1 aliphatic rings. The number of hydrogen-bond acceptors (Lipinski definition) is 5. The van der Waals surface area contributed by atoms with Crippen molar-refractivity contribution in [2.45, 2.75) is 20.0 Å². The molecule has 3 aromatic heterocycles. The lowest BCUT2D eigenvalue weighted by atomic mass is 10.1. The fraction of sp³-hybridized carbons (Fsp3) is 0.233. The Bertz CT molecular complexity index is 1680. The molecule has 6 rings (SSSR count). The SMILES string of the molecule is Cc1ccc(Cn2cc(C(=O)Nc3c[nH]c(=O)c(-c4cc5cc(CN6CCOCC6)ccc5[nH]4)c3)cn2)cc1. The molecule has 198 valence electrons. The van der Waals surface area contributed by atoms with Crippen LogP contribution in [0.25, 0.3) is 22.2 Å². The number of pyridine rings is 1. The van der Waals surface area contributed by atoms with Crippen LogP contribution in [0.5, 0.6) is 0 Å². The average Bonchev–Trinajstić information content (AvgIpc) is 3.59. The molecule has 2 aromatic carbocycles. The average molecular weight is 523 g/mol. The van der Waals surface area contributed by atoms with E-state index >= 15 is 0 Å². The fourth-order valence-electron chi connectivity index (χ4n) is 4.85. The van der Waals surface area contributed by atoms with Crippen molar-refractivity contribution in [2.75, 3.05) is 31.6 Å². The summed E-state index contributed by atoms with van der Waals surface area (Å²) >= 11 is 0. The van der Waals surface area contributed by atoms with Gasteiger partial charge < -0.3 is 20.0 Å². The number of nitrogens with one attached hydrogen (secondary N) is 3. The van der Waals surface area contributed by atoms with Crippen molar-refractivity contribution in [1.29, 1.82) is 0 Å². The van der Waals surface area contributed by atoms with Gasteiger partial charge in [0.25, 0.3) is 11.5 Å². The second kappa shape index (κ2) is 10.7. The maximum absolute atomic E-state index is 12.9. The van der Waals surface area contributed by atoms with E-state index < -0.39 is 0 Å². The van der Waals surface area contributed by atoms with E-state index in [0.717, 1.165) is 49.3 Å². The molecular weight excluding hydrogens is 492 g/mol. The van der Waals surface area contributed by atoms with Gasteiger partial charge in [-0.05, 0) is 42.3 Å². The molecule has 1 amide bonds. The van der Waals surface area contributed by atoms with E-state index in [2.05, 4.69) is 49.5 Å². The van der Waals surface area contributed by atoms with Gasteiger partial charge in [0.15, 0.2) is 0 Å². The summed E-state index contributed by atoms with van der Waals surface area (Å²) in [5.74, 6) is -0.299. The van der Waals surface area contributed by atoms with Crippen LogP contribution in [-0.2, 0) is 17.8 Å². The van der Waals surface area contributed by atoms with Crippen molar-refractivity contribution in [1.82, 2.24) is 24.6 Å². The van der Waals surface area contributed by atoms with Crippen LogP contribution in [0.15, 0.2) is 78.0 Å². The van der Waals surface area contributed by atoms with Gasteiger partial charge in [-0.2, -0.15) is 5.10 Å². The number of aryl methyl sites for hydroxylation is 1. The summed E-state index contributed by atoms with van der Waals surface area (Å²) in [4.78, 5) is 34.1. The standard InChI is InChI=1S/C30H30N6O3/c1-20-2-4-21(5-3-20)18-36-19-24(15-32-36)29(37)33-25-14-26(30(38)31-16-25)28-13-23-12-22(6-7-27(23)34-28)17-35-8-10-39-11-9-35/h2-7,12-16,19,34H,8-11,17-18H2,1H3,(H,31,38)(H,33,37). The number of hydrogen-bond donors (Lipinski definition) is 3. The number of rotatable bonds is 7. The monoisotopic (exact) mass is 522 g/mol. The molecule has 39 heavy (non-hydrogen) atoms. The minimum absolute atomic E-state index is 0.237. The van der Waals surface area contributed by atoms with Gasteiger partial charge in [-0.15, -0.1) is 0 Å². The first-order valence-corrected chi connectivity index (χ1v) is 13.0. The first-order valence-electron chi connectivity index (χ1n) is 13.0. The van der Waals surface area contributed by atoms with E-state index in [9.17, 15) is 9.59 Å². The number of morpholine rings is 1. The van der Waals surface area contributed by atoms with E-state index in [4.69, 9.17) is 4.74 Å². The molecule has 1 saturated heterocycles. The van der Waals surface area contributed by atoms with Crippen molar-refractivity contribution >= 4 is 22.5 Å². The van der Waals surface area contributed by atoms with Gasteiger partial charge in [0.2, 0.25) is 0 Å². The summed E-state index contributed by atoms with van der Waals surface area (Å²) in [6.45, 7) is 6.87. The number of nitrogens with zero attached hydrogens (tertiary/aromatic N) is 3. The second-order valence-corrected chi connectivity index (χ2v) is 9.99. The number of anilines is 1. The minimum Gasteiger partial charge on any atom is -0.379 e. The van der Waals surface area contributed by atoms with Crippen molar-refractivity contribution in [2.24, 2.45) is 0 Å². The Labute approximate surface area is 225 Å². The van der Waals surface area contributed by atoms with Crippen LogP contribution >= 0.6 is 0 Å². The molecule has 9 heteroatoms. The number of amides is 1. The van der Waals surface area contributed by atoms with Crippen LogP contribution in [-0.4, -0.2) is 56.9 Å². The lowest BCUT2D eigenvalue weighted by Crippen LogP contribution is -2.35. The topological polar surface area (TPSA) is 108 Å². The Balaban J connectivity index is 1.17. The zero-order valence-electron chi connectivity index (χ0n) is 21.7. The van der Waals surface area contributed by atoms with Crippen LogP contribution in [0.3, 0.4) is 0 Å². The number of benzene rings is 2. The highest BCUT2D eigenvalue weighted by molar-refractivity contribution is 6.04. The number of carbonyl (C=O) groups excluding carboxylic acids is 1. The number of ether oxygens (including phenoxy) is 1. The Morgan fingerprint density at radius 2 is 1.82 bits per heavy atom. The molecule has 4 heterocycles. The van der Waals surface area contributed by atoms with Gasteiger partial charge in [-0.1, -0.05) is 35.9 Å². The van der Waals surface area contributed by atoms with Gasteiger partial charge in [-0.25, -0.2) is 0 Å². The van der Waals surface area contributed by atoms with E-state index in [1.165, 1.54) is 17.3 Å². The van der Waals surface area contributed by atoms with Gasteiger partial charge in [-0.3, -0.25) is 19.2 Å². The number of carbonyl (C=O) groups is 1. The number of H-pyrrole nitrogens is 2. The maximum Gasteiger partial charge on any atom is 0.258 e. The predicted molar refractivity (Wildman–Crippen MR) is 151 cm³/mol. The van der Waals surface area contributed by atoms with Crippen molar-refractivity contribution in [3.8, 4) is 11.3 Å². The third kappa shape index (κ3) is 5.69. The number of aromatic nitrogens is 4. The molecule has 1 aliphatic heterocycles. The molecular formula is C30H30N6O3. The summed E-state index contributed by atoms with van der Waals surface area (Å²) in [6.07, 6.45) is 4.76. The van der Waals surface area contributed by atoms with Gasteiger partial charge in [0.1, 0.15) is 0 Å². The summed E-state index contributed by atoms with van der Waals surface area (Å²) < 4.78 is 7.18. The molecule has 5 aromatic rings. The molecule has 0 spiro atoms. The number of aromatic amines is 2. The van der Waals surface area contributed by atoms with Crippen LogP contribution < -0.4 is 10.9 Å². The quantitative estimate of drug-likeness (QED) is 0.298. The van der Waals surface area contributed by atoms with Gasteiger partial charge in [0.05, 0.1) is 48.5 Å². The third-order valence-electron chi connectivity index (χ3n) is 7.01. The van der Waals surface area contributed by atoms with Crippen LogP contribution in [0, 0.1) is 6.92 Å². The van der Waals surface area contributed by atoms with E-state index in [1.54, 1.807) is 23.1 Å². The van der Waals surface area contributed by atoms with Crippen molar-refractivity contribution in [3.05, 3.63) is 106 Å². The highest BCUT2D eigenvalue weighted by Gasteiger charge is 2.14. The molecule has 0 radical (unpaired) electrons. The van der Waals surface area contributed by atoms with Crippen LogP contribution in [0.4, 0.5) is 5.69 Å². The lowest BCUT2D eigenvalue weighted by Gasteiger charge is -2.26. The number of fused-ring (bicyclic) bond motifs is 1. The van der Waals surface area contributed by atoms with Crippen molar-refractivity contribution in [3.63, 3.8) is 0 Å². The molecule has 0 bridgehead atoms. The largest absolute Gasteiger partial charge is 0.379 e. The minimum atomic E-state index is -0.299. The van der Waals surface area contributed by atoms with Crippen LogP contribution in [0.2, 0.25) is 0 Å². The normalized spacial score (nSPS) is 14.1.